The molecule has 4 aliphatic carbocycles. The van der Waals surface area contributed by atoms with Crippen LogP contribution in [0, 0.1) is 5.92 Å². The Bertz CT molecular complexity index is 2800. The maximum absolute atomic E-state index is 6.32. The Hall–Kier alpha value is -6.26. The number of aromatic nitrogens is 1. The standard InChI is InChI=1S/C53H45N3O/c1-2-12-34(13-3-1)37-28-38(47-17-10-11-27-54-47)30-40(29-37)56-49-19-8-5-15-42(49)45-32-36(22-25-51(45)56)35-21-24-50-44(31-35)41-14-4-7-18-48(41)55(50)39-23-26-53-46(33-39)43-16-6-9-20-52(43)57-53/h1-5,7-15,17-21,23-26,28,30-31,36,40,45-46,54H,6,16,22,27,29,32-33H2/t36?,40-,45?,46?/m1/s1. The van der Waals surface area contributed by atoms with Crippen molar-refractivity contribution < 1.29 is 4.74 Å². The molecule has 4 nitrogen and oxygen atoms in total. The van der Waals surface area contributed by atoms with Crippen LogP contribution in [0.2, 0.25) is 0 Å². The Balaban J connectivity index is 0.895. The van der Waals surface area contributed by atoms with Gasteiger partial charge < -0.3 is 19.5 Å². The zero-order chi connectivity index (χ0) is 37.5. The molecule has 5 aromatic rings. The molecule has 0 fully saturated rings. The Kier molecular flexibility index (Phi) is 7.61. The Morgan fingerprint density at radius 1 is 0.772 bits per heavy atom. The first-order valence-electron chi connectivity index (χ1n) is 20.9. The third-order valence-electron chi connectivity index (χ3n) is 13.5. The van der Waals surface area contributed by atoms with Gasteiger partial charge in [-0.05, 0) is 126 Å². The number of rotatable bonds is 5. The lowest BCUT2D eigenvalue weighted by molar-refractivity contribution is 0.316. The number of nitrogens with one attached hydrogen (secondary N) is 1. The molecule has 0 radical (unpaired) electrons. The first-order chi connectivity index (χ1) is 28.2. The van der Waals surface area contributed by atoms with E-state index in [1.165, 1.54) is 78.0 Å². The van der Waals surface area contributed by atoms with Crippen LogP contribution in [0.1, 0.15) is 67.1 Å². The molecule has 0 saturated carbocycles. The van der Waals surface area contributed by atoms with Gasteiger partial charge in [-0.15, -0.1) is 0 Å². The van der Waals surface area contributed by atoms with E-state index in [1.807, 2.05) is 0 Å². The van der Waals surface area contributed by atoms with Crippen LogP contribution < -0.4 is 10.2 Å². The van der Waals surface area contributed by atoms with Crippen LogP contribution in [0.3, 0.4) is 0 Å². The summed E-state index contributed by atoms with van der Waals surface area (Å²) in [7, 11) is 0. The minimum absolute atomic E-state index is 0.221. The van der Waals surface area contributed by atoms with Gasteiger partial charge in [0.25, 0.3) is 0 Å². The molecule has 4 heteroatoms. The summed E-state index contributed by atoms with van der Waals surface area (Å²) in [6.45, 7) is 0.860. The van der Waals surface area contributed by atoms with E-state index in [4.69, 9.17) is 4.74 Å². The van der Waals surface area contributed by atoms with Crippen LogP contribution in [-0.2, 0) is 4.74 Å². The van der Waals surface area contributed by atoms with Crippen molar-refractivity contribution in [3.05, 3.63) is 209 Å². The lowest BCUT2D eigenvalue weighted by atomic mass is 9.78. The number of fused-ring (bicyclic) bond motifs is 8. The average Bonchev–Trinajstić information content (AvgIpc) is 3.94. The highest BCUT2D eigenvalue weighted by Gasteiger charge is 2.41. The highest BCUT2D eigenvalue weighted by molar-refractivity contribution is 6.10. The zero-order valence-corrected chi connectivity index (χ0v) is 32.1. The summed E-state index contributed by atoms with van der Waals surface area (Å²) in [5.41, 5.74) is 16.3. The maximum Gasteiger partial charge on any atom is 0.126 e. The number of nitrogens with zero attached hydrogens (tertiary/aromatic N) is 2. The van der Waals surface area contributed by atoms with E-state index in [0.717, 1.165) is 56.6 Å². The van der Waals surface area contributed by atoms with Crippen molar-refractivity contribution in [2.75, 3.05) is 11.4 Å². The van der Waals surface area contributed by atoms with E-state index >= 15 is 0 Å². The lowest BCUT2D eigenvalue weighted by Gasteiger charge is -2.36. The quantitative estimate of drug-likeness (QED) is 0.195. The van der Waals surface area contributed by atoms with Gasteiger partial charge in [0.1, 0.15) is 11.5 Å². The number of dihydropyridines is 1. The molecule has 0 saturated heterocycles. The van der Waals surface area contributed by atoms with Gasteiger partial charge in [-0.25, -0.2) is 0 Å². The van der Waals surface area contributed by atoms with Crippen LogP contribution in [0.4, 0.5) is 5.69 Å². The Labute approximate surface area is 334 Å². The molecule has 3 unspecified atom stereocenters. The fourth-order valence-corrected chi connectivity index (χ4v) is 10.9. The molecular weight excluding hydrogens is 695 g/mol. The molecule has 57 heavy (non-hydrogen) atoms. The number of para-hydroxylation sites is 2. The molecule has 4 heterocycles. The molecular formula is C53H45N3O. The molecule has 4 atom stereocenters. The monoisotopic (exact) mass is 739 g/mol. The van der Waals surface area contributed by atoms with Crippen molar-refractivity contribution in [2.45, 2.75) is 56.4 Å². The molecule has 278 valence electrons. The second-order valence-corrected chi connectivity index (χ2v) is 16.6. The smallest absolute Gasteiger partial charge is 0.126 e. The fourth-order valence-electron chi connectivity index (χ4n) is 10.9. The largest absolute Gasteiger partial charge is 0.461 e. The lowest BCUT2D eigenvalue weighted by Crippen LogP contribution is -2.35. The molecule has 7 aliphatic rings. The third-order valence-corrected chi connectivity index (χ3v) is 13.5. The normalized spacial score (nSPS) is 24.7. The average molecular weight is 740 g/mol. The minimum Gasteiger partial charge on any atom is -0.461 e. The zero-order valence-electron chi connectivity index (χ0n) is 32.1. The maximum atomic E-state index is 6.32. The molecule has 4 aromatic carbocycles. The summed E-state index contributed by atoms with van der Waals surface area (Å²) < 4.78 is 8.85. The summed E-state index contributed by atoms with van der Waals surface area (Å²) in [6.07, 6.45) is 29.3. The van der Waals surface area contributed by atoms with Crippen LogP contribution in [-0.4, -0.2) is 17.2 Å². The highest BCUT2D eigenvalue weighted by atomic mass is 16.5. The Morgan fingerprint density at radius 2 is 1.65 bits per heavy atom. The van der Waals surface area contributed by atoms with Crippen molar-refractivity contribution in [1.29, 1.82) is 0 Å². The van der Waals surface area contributed by atoms with Crippen LogP contribution in [0.25, 0.3) is 33.1 Å². The van der Waals surface area contributed by atoms with Crippen LogP contribution >= 0.6 is 0 Å². The van der Waals surface area contributed by atoms with Crippen LogP contribution in [0.5, 0.6) is 0 Å². The van der Waals surface area contributed by atoms with Gasteiger partial charge in [-0.2, -0.15) is 0 Å². The van der Waals surface area contributed by atoms with Gasteiger partial charge in [0.2, 0.25) is 0 Å². The molecule has 0 spiro atoms. The number of ether oxygens (including phenoxy) is 1. The topological polar surface area (TPSA) is 29.4 Å². The van der Waals surface area contributed by atoms with E-state index in [0.29, 0.717) is 17.8 Å². The number of benzene rings is 4. The van der Waals surface area contributed by atoms with Crippen molar-refractivity contribution in [3.8, 4) is 0 Å². The van der Waals surface area contributed by atoms with E-state index in [9.17, 15) is 0 Å². The van der Waals surface area contributed by atoms with Gasteiger partial charge in [0, 0.05) is 58.4 Å². The fraction of sp³-hybridized carbons (Fsp3) is 0.208. The molecule has 0 bridgehead atoms. The summed E-state index contributed by atoms with van der Waals surface area (Å²) in [5, 5.41) is 6.33. The second-order valence-electron chi connectivity index (χ2n) is 16.6. The van der Waals surface area contributed by atoms with E-state index < -0.39 is 0 Å². The van der Waals surface area contributed by atoms with Gasteiger partial charge >= 0.3 is 0 Å². The Morgan fingerprint density at radius 3 is 2.58 bits per heavy atom. The minimum atomic E-state index is 0.221. The number of allylic oxidation sites excluding steroid dienone is 11. The van der Waals surface area contributed by atoms with Gasteiger partial charge in [-0.3, -0.25) is 0 Å². The molecule has 3 aliphatic heterocycles. The number of hydrogen-bond acceptors (Lipinski definition) is 3. The summed E-state index contributed by atoms with van der Waals surface area (Å²) in [5.74, 6) is 3.34. The third kappa shape index (κ3) is 5.34. The van der Waals surface area contributed by atoms with Crippen molar-refractivity contribution in [2.24, 2.45) is 5.92 Å². The van der Waals surface area contributed by atoms with Crippen molar-refractivity contribution in [1.82, 2.24) is 9.88 Å². The van der Waals surface area contributed by atoms with E-state index in [1.54, 1.807) is 0 Å². The summed E-state index contributed by atoms with van der Waals surface area (Å²) in [4.78, 5) is 2.69. The van der Waals surface area contributed by atoms with Crippen molar-refractivity contribution >= 4 is 38.8 Å². The van der Waals surface area contributed by atoms with E-state index in [2.05, 4.69) is 173 Å². The second kappa shape index (κ2) is 13.2. The van der Waals surface area contributed by atoms with E-state index in [-0.39, 0.29) is 6.04 Å². The molecule has 0 amide bonds. The van der Waals surface area contributed by atoms with Crippen LogP contribution in [0.15, 0.2) is 192 Å². The van der Waals surface area contributed by atoms with Crippen molar-refractivity contribution in [3.63, 3.8) is 0 Å². The summed E-state index contributed by atoms with van der Waals surface area (Å²) >= 11 is 0. The number of hydrogen-bond donors (Lipinski definition) is 1. The van der Waals surface area contributed by atoms with Gasteiger partial charge in [0.05, 0.1) is 17.1 Å². The van der Waals surface area contributed by atoms with Gasteiger partial charge in [0.15, 0.2) is 0 Å². The molecule has 12 rings (SSSR count). The molecule has 1 aromatic heterocycles. The summed E-state index contributed by atoms with van der Waals surface area (Å²) in [6, 6.07) is 36.8. The first kappa shape index (κ1) is 32.9. The van der Waals surface area contributed by atoms with Gasteiger partial charge in [-0.1, -0.05) is 103 Å². The first-order valence-corrected chi connectivity index (χ1v) is 20.9. The SMILES string of the molecule is C1=CCNC(C2=C[C@H](N3C4=CCC(c5ccc6c(c5)c5ccccc5n6C5=CC=C6OC7=C(CCC=C7)C6C5)CC4c4ccccc43)CC(c3ccccc3)=C2)=C1. The predicted octanol–water partition coefficient (Wildman–Crippen LogP) is 12.4. The predicted molar refractivity (Wildman–Crippen MR) is 234 cm³/mol. The highest BCUT2D eigenvalue weighted by Crippen LogP contribution is 2.54. The number of anilines is 1. The molecule has 1 N–H and O–H groups in total.